The Morgan fingerprint density at radius 2 is 1.72 bits per heavy atom. The van der Waals surface area contributed by atoms with Gasteiger partial charge >= 0.3 is 18.0 Å². The van der Waals surface area contributed by atoms with Gasteiger partial charge in [-0.2, -0.15) is 13.2 Å². The van der Waals surface area contributed by atoms with Crippen molar-refractivity contribution in [2.24, 2.45) is 0 Å². The molecule has 2 N–H and O–H groups in total. The molecule has 3 aromatic rings. The van der Waals surface area contributed by atoms with Crippen LogP contribution in [-0.2, 0) is 25.8 Å². The van der Waals surface area contributed by atoms with Crippen LogP contribution >= 0.6 is 0 Å². The van der Waals surface area contributed by atoms with Gasteiger partial charge in [-0.15, -0.1) is 0 Å². The topological polar surface area (TPSA) is 106 Å². The minimum absolute atomic E-state index is 0.00510. The Hall–Kier alpha value is -3.89. The van der Waals surface area contributed by atoms with Gasteiger partial charge in [0.2, 0.25) is 0 Å². The molecule has 168 valence electrons. The average molecular weight is 448 g/mol. The number of hydrogen-bond donors (Lipinski definition) is 2. The molecule has 0 saturated carbocycles. The minimum Gasteiger partial charge on any atom is -0.465 e. The van der Waals surface area contributed by atoms with Crippen LogP contribution in [0.5, 0.6) is 0 Å². The molecule has 0 bridgehead atoms. The molecule has 0 spiro atoms. The zero-order valence-electron chi connectivity index (χ0n) is 16.9. The van der Waals surface area contributed by atoms with Crippen molar-refractivity contribution in [2.45, 2.75) is 32.7 Å². The molecule has 2 aromatic heterocycles. The third kappa shape index (κ3) is 5.42. The lowest BCUT2D eigenvalue weighted by molar-refractivity contribution is -0.141. The maximum atomic E-state index is 13.3. The Balaban J connectivity index is 2.03. The predicted octanol–water partition coefficient (Wildman–Crippen LogP) is 2.60. The molecule has 1 aromatic carbocycles. The van der Waals surface area contributed by atoms with E-state index in [0.29, 0.717) is 11.8 Å². The fraction of sp³-hybridized carbons (Fsp3) is 0.238. The summed E-state index contributed by atoms with van der Waals surface area (Å²) < 4.78 is 42.0. The molecule has 3 rings (SSSR count). The van der Waals surface area contributed by atoms with E-state index in [1.54, 1.807) is 31.2 Å². The van der Waals surface area contributed by atoms with Crippen LogP contribution in [0.1, 0.15) is 28.2 Å². The van der Waals surface area contributed by atoms with E-state index in [9.17, 15) is 27.6 Å². The molecular weight excluding hydrogens is 429 g/mol. The number of halogens is 3. The van der Waals surface area contributed by atoms with Crippen LogP contribution in [0, 0.1) is 6.92 Å². The second kappa shape index (κ2) is 9.08. The number of aryl methyl sites for hydroxylation is 1. The number of amides is 1. The van der Waals surface area contributed by atoms with Crippen molar-refractivity contribution in [1.29, 1.82) is 0 Å². The zero-order chi connectivity index (χ0) is 23.5. The summed E-state index contributed by atoms with van der Waals surface area (Å²) in [4.78, 5) is 39.7. The van der Waals surface area contributed by atoms with Crippen molar-refractivity contribution in [3.63, 3.8) is 0 Å². The Labute approximate surface area is 179 Å². The molecule has 11 heteroatoms. The maximum Gasteiger partial charge on any atom is 0.433 e. The van der Waals surface area contributed by atoms with Crippen LogP contribution in [0.2, 0.25) is 0 Å². The number of nitrogens with one attached hydrogen (secondary N) is 1. The van der Waals surface area contributed by atoms with Gasteiger partial charge in [0.15, 0.2) is 0 Å². The Morgan fingerprint density at radius 3 is 2.34 bits per heavy atom. The lowest BCUT2D eigenvalue weighted by Crippen LogP contribution is -2.41. The van der Waals surface area contributed by atoms with Gasteiger partial charge < -0.3 is 10.4 Å². The highest BCUT2D eigenvalue weighted by Crippen LogP contribution is 2.28. The largest absolute Gasteiger partial charge is 0.465 e. The molecule has 0 atom stereocenters. The second-order valence-corrected chi connectivity index (χ2v) is 7.07. The van der Waals surface area contributed by atoms with Crippen molar-refractivity contribution in [1.82, 2.24) is 19.4 Å². The number of rotatable bonds is 6. The molecule has 0 unspecified atom stereocenters. The van der Waals surface area contributed by atoms with E-state index in [-0.39, 0.29) is 17.8 Å². The fourth-order valence-corrected chi connectivity index (χ4v) is 3.15. The molecule has 0 aliphatic carbocycles. The van der Waals surface area contributed by atoms with Gasteiger partial charge in [-0.1, -0.05) is 30.3 Å². The lowest BCUT2D eigenvalue weighted by atomic mass is 10.1. The number of hydrogen-bond acceptors (Lipinski definition) is 4. The monoisotopic (exact) mass is 448 g/mol. The van der Waals surface area contributed by atoms with Crippen molar-refractivity contribution in [3.05, 3.63) is 97.6 Å². The molecule has 0 aliphatic rings. The highest BCUT2D eigenvalue weighted by molar-refractivity contribution is 5.64. The van der Waals surface area contributed by atoms with Crippen LogP contribution in [0.3, 0.4) is 0 Å². The molecule has 8 nitrogen and oxygen atoms in total. The number of benzene rings is 1. The number of nitrogens with zero attached hydrogens (tertiary/aromatic N) is 3. The van der Waals surface area contributed by atoms with Crippen molar-refractivity contribution >= 4 is 6.09 Å². The summed E-state index contributed by atoms with van der Waals surface area (Å²) in [6.45, 7) is 0.871. The first-order valence-corrected chi connectivity index (χ1v) is 9.43. The number of carboxylic acid groups (broad SMARTS) is 1. The zero-order valence-corrected chi connectivity index (χ0v) is 16.9. The maximum absolute atomic E-state index is 13.3. The molecule has 1 amide bonds. The van der Waals surface area contributed by atoms with Gasteiger partial charge in [-0.25, -0.2) is 14.6 Å². The third-order valence-electron chi connectivity index (χ3n) is 4.66. The van der Waals surface area contributed by atoms with E-state index in [1.165, 1.54) is 16.7 Å². The average Bonchev–Trinajstić information content (AvgIpc) is 2.72. The Morgan fingerprint density at radius 1 is 1.03 bits per heavy atom. The van der Waals surface area contributed by atoms with Crippen molar-refractivity contribution in [2.75, 3.05) is 0 Å². The molecule has 0 fully saturated rings. The highest BCUT2D eigenvalue weighted by Gasteiger charge is 2.33. The number of pyridine rings is 1. The second-order valence-electron chi connectivity index (χ2n) is 7.07. The van der Waals surface area contributed by atoms with Crippen LogP contribution in [0.4, 0.5) is 18.0 Å². The number of alkyl halides is 3. The molecular formula is C21H19F3N4O4. The van der Waals surface area contributed by atoms with Crippen molar-refractivity contribution < 1.29 is 23.1 Å². The van der Waals surface area contributed by atoms with E-state index in [4.69, 9.17) is 5.11 Å². The fourth-order valence-electron chi connectivity index (χ4n) is 3.15. The molecule has 32 heavy (non-hydrogen) atoms. The summed E-state index contributed by atoms with van der Waals surface area (Å²) in [5.41, 5.74) is -1.61. The standard InChI is InChI=1S/C21H19F3N4O4/c1-13-7-18(29)28(20(32)27(13)11-14-5-3-2-4-6-14)12-16-8-15(10-25-19(30)31)9-17(26-16)21(22,23)24/h2-9,25H,10-12H2,1H3,(H,30,31). The summed E-state index contributed by atoms with van der Waals surface area (Å²) in [5.74, 6) is 0. The van der Waals surface area contributed by atoms with Crippen LogP contribution in [0.25, 0.3) is 0 Å². The normalized spacial score (nSPS) is 11.4. The van der Waals surface area contributed by atoms with Gasteiger partial charge in [0, 0.05) is 18.3 Å². The van der Waals surface area contributed by atoms with E-state index in [1.807, 2.05) is 11.4 Å². The van der Waals surface area contributed by atoms with Crippen LogP contribution in [0.15, 0.2) is 58.1 Å². The van der Waals surface area contributed by atoms with E-state index >= 15 is 0 Å². The van der Waals surface area contributed by atoms with Crippen LogP contribution in [-0.4, -0.2) is 25.3 Å². The van der Waals surface area contributed by atoms with E-state index in [0.717, 1.165) is 10.1 Å². The highest BCUT2D eigenvalue weighted by atomic mass is 19.4. The van der Waals surface area contributed by atoms with Gasteiger partial charge in [0.1, 0.15) is 5.69 Å². The minimum atomic E-state index is -4.79. The van der Waals surface area contributed by atoms with Gasteiger partial charge in [0.05, 0.1) is 18.8 Å². The molecule has 0 aliphatic heterocycles. The third-order valence-corrected chi connectivity index (χ3v) is 4.66. The Bertz CT molecular complexity index is 1250. The van der Waals surface area contributed by atoms with Gasteiger partial charge in [0.25, 0.3) is 5.56 Å². The summed E-state index contributed by atoms with van der Waals surface area (Å²) in [6.07, 6.45) is -6.20. The quantitative estimate of drug-likeness (QED) is 0.603. The SMILES string of the molecule is Cc1cc(=O)n(Cc2cc(CNC(=O)O)cc(C(F)(F)F)n2)c(=O)n1Cc1ccccc1. The summed E-state index contributed by atoms with van der Waals surface area (Å²) in [5, 5.41) is 10.7. The molecule has 0 radical (unpaired) electrons. The van der Waals surface area contributed by atoms with Crippen molar-refractivity contribution in [3.8, 4) is 0 Å². The predicted molar refractivity (Wildman–Crippen MR) is 108 cm³/mol. The van der Waals surface area contributed by atoms with Gasteiger partial charge in [-0.05, 0) is 30.2 Å². The number of aromatic nitrogens is 3. The first-order valence-electron chi connectivity index (χ1n) is 9.43. The number of carbonyl (C=O) groups is 1. The summed E-state index contributed by atoms with van der Waals surface area (Å²) >= 11 is 0. The van der Waals surface area contributed by atoms with E-state index < -0.39 is 42.3 Å². The Kier molecular flexibility index (Phi) is 6.47. The first-order chi connectivity index (χ1) is 15.0. The summed E-state index contributed by atoms with van der Waals surface area (Å²) in [6, 6.07) is 12.2. The lowest BCUT2D eigenvalue weighted by Gasteiger charge is -2.15. The smallest absolute Gasteiger partial charge is 0.433 e. The molecule has 2 heterocycles. The van der Waals surface area contributed by atoms with Gasteiger partial charge in [-0.3, -0.25) is 13.9 Å². The van der Waals surface area contributed by atoms with E-state index in [2.05, 4.69) is 4.98 Å². The first kappa shape index (κ1) is 22.8. The summed E-state index contributed by atoms with van der Waals surface area (Å²) in [7, 11) is 0. The van der Waals surface area contributed by atoms with Crippen LogP contribution < -0.4 is 16.6 Å². The molecule has 0 saturated heterocycles.